The molecule has 0 spiro atoms. The van der Waals surface area contributed by atoms with Crippen LogP contribution in [0, 0.1) is 55.4 Å². The fourth-order valence-electron chi connectivity index (χ4n) is 3.89. The molecule has 107 heavy (non-hydrogen) atoms. The van der Waals surface area contributed by atoms with Crippen molar-refractivity contribution in [1.29, 1.82) is 0 Å². The van der Waals surface area contributed by atoms with Crippen molar-refractivity contribution in [2.24, 2.45) is 22.0 Å². The highest BCUT2D eigenvalue weighted by molar-refractivity contribution is 7.09. The predicted octanol–water partition coefficient (Wildman–Crippen LogP) is 34.0. The molecule has 9 aromatic heterocycles. The van der Waals surface area contributed by atoms with Crippen molar-refractivity contribution >= 4 is 75.2 Å². The van der Waals surface area contributed by atoms with Crippen LogP contribution in [0.3, 0.4) is 0 Å². The maximum atomic E-state index is 4.58. The minimum atomic E-state index is 0. The summed E-state index contributed by atoms with van der Waals surface area (Å²) in [6.07, 6.45) is 32.1. The second kappa shape index (κ2) is 161. The molecule has 0 bridgehead atoms. The van der Waals surface area contributed by atoms with E-state index >= 15 is 0 Å². The maximum Gasteiger partial charge on any atom is 0.133 e. The van der Waals surface area contributed by atoms with Gasteiger partial charge < -0.3 is 18.1 Å². The van der Waals surface area contributed by atoms with E-state index in [4.69, 9.17) is 0 Å². The first-order valence-electron chi connectivity index (χ1n) is 34.1. The Labute approximate surface area is 690 Å². The molecule has 0 aliphatic carbocycles. The molecule has 21 heteroatoms. The monoisotopic (exact) mass is 1610 g/mol. The fraction of sp³-hybridized carbons (Fsp3) is 0.581. The first-order valence-corrected chi connectivity index (χ1v) is 38.4. The minimum Gasteiger partial charge on any atom is -0.365 e. The molecule has 0 atom stereocenters. The Morgan fingerprint density at radius 3 is 1.17 bits per heavy atom. The number of allylic oxidation sites excluding steroid dienone is 4. The lowest BCUT2D eigenvalue weighted by molar-refractivity contribution is 0.397. The molecule has 0 saturated heterocycles. The van der Waals surface area contributed by atoms with Crippen LogP contribution in [0.2, 0.25) is 0 Å². The van der Waals surface area contributed by atoms with Crippen molar-refractivity contribution in [3.05, 3.63) is 193 Å². The Bertz CT molecular complexity index is 2180. The Hall–Kier alpha value is -6.78. The van der Waals surface area contributed by atoms with Crippen LogP contribution in [0.15, 0.2) is 178 Å². The van der Waals surface area contributed by atoms with E-state index in [1.165, 1.54) is 44.1 Å². The molecule has 0 fully saturated rings. The number of aliphatic imine (C=N–C) groups is 3. The maximum absolute atomic E-state index is 4.58. The van der Waals surface area contributed by atoms with E-state index in [1.54, 1.807) is 96.0 Å². The van der Waals surface area contributed by atoms with Crippen LogP contribution >= 0.6 is 57.1 Å². The molecule has 640 valence electrons. The third-order valence-corrected chi connectivity index (χ3v) is 11.0. The zero-order valence-corrected chi connectivity index (χ0v) is 71.2. The van der Waals surface area contributed by atoms with Gasteiger partial charge in [0.1, 0.15) is 18.3 Å². The molecule has 3 aliphatic rings. The van der Waals surface area contributed by atoms with Crippen LogP contribution in [0.25, 0.3) is 0 Å². The van der Waals surface area contributed by atoms with Gasteiger partial charge in [-0.2, -0.15) is 4.37 Å². The summed E-state index contributed by atoms with van der Waals surface area (Å²) in [5.74, 6) is 0.856. The highest BCUT2D eigenvalue weighted by Crippen LogP contribution is 2.04. The molecule has 0 aromatic carbocycles. The average molecular weight is 1610 g/mol. The van der Waals surface area contributed by atoms with Gasteiger partial charge in [0.25, 0.3) is 0 Å². The van der Waals surface area contributed by atoms with Crippen molar-refractivity contribution in [1.82, 2.24) is 48.7 Å². The van der Waals surface area contributed by atoms with Crippen molar-refractivity contribution in [3.63, 3.8) is 0 Å². The van der Waals surface area contributed by atoms with E-state index in [0.717, 1.165) is 58.4 Å². The molecule has 0 N–H and O–H groups in total. The SMILES string of the molecule is C.C.C.C.C.C.C.C.C.C.C.CC.CC.CC.CC.CC.CC.CC.CC.CC.CC.CC.CC.CC1=CCC=N1.CC1=CN=CC1.CC1=NC=CC1.Cc1ccno1.Cc1ccns1.Cc1ccon1.Cc1ccsn1.Cc1cncs1.Cc1cnoc1.Cc1cscn1.Cc1nccs1.Cn1ccnc1. The average Bonchev–Trinajstić information content (AvgIpc) is 4.41. The lowest BCUT2D eigenvalue weighted by Gasteiger charge is -1.76. The third-order valence-electron chi connectivity index (χ3n) is 7.57. The van der Waals surface area contributed by atoms with Gasteiger partial charge in [0.05, 0.1) is 46.1 Å². The molecular formula is C86H183N13O3S5. The van der Waals surface area contributed by atoms with Gasteiger partial charge in [0, 0.05) is 143 Å². The van der Waals surface area contributed by atoms with E-state index in [2.05, 4.69) is 91.8 Å². The molecule has 0 unspecified atom stereocenters. The highest BCUT2D eigenvalue weighted by atomic mass is 32.1. The standard InChI is InChI=1S/3C5H7N.C4H6N2.3C4H5NO.5C4H5NS.12C2H6.11CH4/c1-5-2-3-6-4-5;2*1-5-3-2-4-6-5;1-6-3-2-5-4-6;1-4-2-5-6-3-4;1-4-2-3-6-5-4;1-4-2-3-5-6-4;1-4-2-6-3-5-4;1-4-2-5-3-6-4;1-4-5-2-3-6-4;1-4-2-3-6-5-4;1-4-2-3-5-6-4;12*1-2;;;;;;;;;;;/h2*3-4H,2H2,1H3;2,4H,3H2,1H3;2-4H,1H3;8*2-3H,1H3;12*1-2H3;11*1H4. The fourth-order valence-corrected chi connectivity index (χ4v) is 6.24. The van der Waals surface area contributed by atoms with Crippen LogP contribution in [0.1, 0.15) is 331 Å². The molecule has 0 saturated carbocycles. The topological polar surface area (TPSA) is 197 Å². The van der Waals surface area contributed by atoms with E-state index in [0.29, 0.717) is 0 Å². The summed E-state index contributed by atoms with van der Waals surface area (Å²) in [6, 6.07) is 7.59. The summed E-state index contributed by atoms with van der Waals surface area (Å²) in [7, 11) is 1.94. The second-order valence-corrected chi connectivity index (χ2v) is 19.2. The highest BCUT2D eigenvalue weighted by Gasteiger charge is 1.89. The number of aryl methyl sites for hydroxylation is 9. The van der Waals surface area contributed by atoms with Crippen molar-refractivity contribution in [2.45, 2.75) is 343 Å². The Kier molecular flexibility index (Phi) is 248. The third kappa shape index (κ3) is 157. The van der Waals surface area contributed by atoms with Gasteiger partial charge in [0.15, 0.2) is 0 Å². The van der Waals surface area contributed by atoms with E-state index < -0.39 is 0 Å². The van der Waals surface area contributed by atoms with Crippen molar-refractivity contribution in [3.8, 4) is 0 Å². The van der Waals surface area contributed by atoms with Crippen molar-refractivity contribution < 1.29 is 13.6 Å². The molecule has 3 aliphatic heterocycles. The first kappa shape index (κ1) is 165. The zero-order chi connectivity index (χ0) is 76.9. The quantitative estimate of drug-likeness (QED) is 0.139. The number of hydrogen-bond donors (Lipinski definition) is 0. The van der Waals surface area contributed by atoms with Gasteiger partial charge in [-0.3, -0.25) is 29.9 Å². The number of imidazole rings is 1. The molecule has 12 heterocycles. The largest absolute Gasteiger partial charge is 0.365 e. The summed E-state index contributed by atoms with van der Waals surface area (Å²) in [5, 5.41) is 17.5. The summed E-state index contributed by atoms with van der Waals surface area (Å²) < 4.78 is 23.2. The number of nitrogens with zero attached hydrogens (tertiary/aromatic N) is 13. The Morgan fingerprint density at radius 1 is 0.495 bits per heavy atom. The van der Waals surface area contributed by atoms with Gasteiger partial charge in [-0.05, 0) is 117 Å². The van der Waals surface area contributed by atoms with E-state index in [9.17, 15) is 0 Å². The first-order chi connectivity index (χ1) is 46.7. The van der Waals surface area contributed by atoms with Crippen molar-refractivity contribution in [2.75, 3.05) is 0 Å². The molecule has 16 nitrogen and oxygen atoms in total. The summed E-state index contributed by atoms with van der Waals surface area (Å²) in [5.41, 5.74) is 11.6. The molecular weight excluding hydrogens is 1420 g/mol. The van der Waals surface area contributed by atoms with Gasteiger partial charge in [-0.15, -0.1) is 34.0 Å². The van der Waals surface area contributed by atoms with Crippen LogP contribution in [0.5, 0.6) is 0 Å². The molecule has 12 rings (SSSR count). The lowest BCUT2D eigenvalue weighted by Crippen LogP contribution is -1.78. The number of thiazole rings is 3. The van der Waals surface area contributed by atoms with Gasteiger partial charge >= 0.3 is 0 Å². The summed E-state index contributed by atoms with van der Waals surface area (Å²) >= 11 is 7.98. The van der Waals surface area contributed by atoms with Gasteiger partial charge in [-0.1, -0.05) is 275 Å². The summed E-state index contributed by atoms with van der Waals surface area (Å²) in [4.78, 5) is 29.9. The van der Waals surface area contributed by atoms with Gasteiger partial charge in [-0.25, -0.2) is 9.36 Å². The number of hydrogen-bond acceptors (Lipinski definition) is 20. The van der Waals surface area contributed by atoms with Crippen LogP contribution in [-0.4, -0.2) is 66.9 Å². The number of rotatable bonds is 0. The van der Waals surface area contributed by atoms with Crippen LogP contribution in [-0.2, 0) is 7.05 Å². The normalized spacial score (nSPS) is 8.24. The molecule has 0 amide bonds. The second-order valence-electron chi connectivity index (χ2n) is 14.6. The Balaban J connectivity index is -0.0000000331. The van der Waals surface area contributed by atoms with Crippen LogP contribution < -0.4 is 0 Å². The van der Waals surface area contributed by atoms with E-state index in [-0.39, 0.29) is 81.7 Å². The smallest absolute Gasteiger partial charge is 0.133 e. The predicted molar refractivity (Wildman–Crippen MR) is 512 cm³/mol. The zero-order valence-electron chi connectivity index (χ0n) is 67.1. The Morgan fingerprint density at radius 2 is 1.06 bits per heavy atom. The minimum absolute atomic E-state index is 0. The van der Waals surface area contributed by atoms with Gasteiger partial charge in [0.2, 0.25) is 0 Å². The number of aromatic nitrogens is 10. The van der Waals surface area contributed by atoms with E-state index in [1.807, 2.05) is 324 Å². The van der Waals surface area contributed by atoms with Crippen LogP contribution in [0.4, 0.5) is 0 Å². The molecule has 9 aromatic rings. The lowest BCUT2D eigenvalue weighted by atomic mass is 10.3. The summed E-state index contributed by atoms with van der Waals surface area (Å²) in [6.45, 7) is 69.8. The molecule has 0 radical (unpaired) electrons.